The average Bonchev–Trinajstić information content (AvgIpc) is 2.53. The van der Waals surface area contributed by atoms with E-state index < -0.39 is 0 Å². The highest BCUT2D eigenvalue weighted by molar-refractivity contribution is 5.74. The molecule has 0 aliphatic heterocycles. The summed E-state index contributed by atoms with van der Waals surface area (Å²) in [4.78, 5) is 11.3. The van der Waals surface area contributed by atoms with Crippen LogP contribution in [-0.4, -0.2) is 18.6 Å². The van der Waals surface area contributed by atoms with Crippen molar-refractivity contribution in [3.8, 4) is 0 Å². The van der Waals surface area contributed by atoms with Gasteiger partial charge in [-0.3, -0.25) is 0 Å². The van der Waals surface area contributed by atoms with Gasteiger partial charge >= 0.3 is 6.03 Å². The van der Waals surface area contributed by atoms with Crippen molar-refractivity contribution in [2.45, 2.75) is 45.6 Å². The normalized spacial score (nSPS) is 17.8. The largest absolute Gasteiger partial charge is 0.338 e. The van der Waals surface area contributed by atoms with Gasteiger partial charge < -0.3 is 10.6 Å². The maximum Gasteiger partial charge on any atom is 0.315 e. The number of carbonyl (C=O) groups is 1. The van der Waals surface area contributed by atoms with Gasteiger partial charge in [0.1, 0.15) is 0 Å². The molecule has 2 amide bonds. The Kier molecular flexibility index (Phi) is 4.06. The lowest BCUT2D eigenvalue weighted by molar-refractivity contribution is 0.236. The van der Waals surface area contributed by atoms with Crippen LogP contribution in [-0.2, 0) is 0 Å². The average molecular weight is 184 g/mol. The standard InChI is InChI=1S/C10H20N2O/c1-8(2)7-11-10(13)12-9-5-3-4-6-9/h8-9H,3-7H2,1-2H3,(H2,11,12,13). The van der Waals surface area contributed by atoms with Gasteiger partial charge in [-0.1, -0.05) is 26.7 Å². The Hall–Kier alpha value is -0.730. The van der Waals surface area contributed by atoms with E-state index in [-0.39, 0.29) is 6.03 Å². The van der Waals surface area contributed by atoms with Gasteiger partial charge in [0, 0.05) is 12.6 Å². The second-order valence-electron chi connectivity index (χ2n) is 4.23. The van der Waals surface area contributed by atoms with Crippen molar-refractivity contribution >= 4 is 6.03 Å². The molecule has 76 valence electrons. The van der Waals surface area contributed by atoms with E-state index in [0.29, 0.717) is 12.0 Å². The molecule has 1 aliphatic rings. The molecule has 1 rings (SSSR count). The first-order valence-corrected chi connectivity index (χ1v) is 5.23. The molecule has 1 aliphatic carbocycles. The summed E-state index contributed by atoms with van der Waals surface area (Å²) in [7, 11) is 0. The van der Waals surface area contributed by atoms with Crippen LogP contribution in [0.25, 0.3) is 0 Å². The third-order valence-electron chi connectivity index (χ3n) is 2.36. The molecule has 1 fully saturated rings. The third kappa shape index (κ3) is 4.15. The smallest absolute Gasteiger partial charge is 0.315 e. The fourth-order valence-corrected chi connectivity index (χ4v) is 1.60. The highest BCUT2D eigenvalue weighted by atomic mass is 16.2. The van der Waals surface area contributed by atoms with Crippen LogP contribution in [0.15, 0.2) is 0 Å². The van der Waals surface area contributed by atoms with Crippen LogP contribution in [0.2, 0.25) is 0 Å². The lowest BCUT2D eigenvalue weighted by Gasteiger charge is -2.13. The molecule has 0 heterocycles. The monoisotopic (exact) mass is 184 g/mol. The number of hydrogen-bond donors (Lipinski definition) is 2. The van der Waals surface area contributed by atoms with Gasteiger partial charge in [-0.05, 0) is 18.8 Å². The fraction of sp³-hybridized carbons (Fsp3) is 0.900. The second-order valence-corrected chi connectivity index (χ2v) is 4.23. The maximum atomic E-state index is 11.3. The lowest BCUT2D eigenvalue weighted by atomic mass is 10.2. The van der Waals surface area contributed by atoms with E-state index in [2.05, 4.69) is 24.5 Å². The van der Waals surface area contributed by atoms with Crippen molar-refractivity contribution in [2.24, 2.45) is 5.92 Å². The summed E-state index contributed by atoms with van der Waals surface area (Å²) < 4.78 is 0. The molecular weight excluding hydrogens is 164 g/mol. The van der Waals surface area contributed by atoms with Crippen LogP contribution in [0.4, 0.5) is 4.79 Å². The first kappa shape index (κ1) is 10.4. The van der Waals surface area contributed by atoms with Crippen molar-refractivity contribution in [3.05, 3.63) is 0 Å². The minimum absolute atomic E-state index is 0.000556. The number of nitrogens with one attached hydrogen (secondary N) is 2. The topological polar surface area (TPSA) is 41.1 Å². The molecule has 0 spiro atoms. The van der Waals surface area contributed by atoms with Crippen molar-refractivity contribution in [3.63, 3.8) is 0 Å². The number of amides is 2. The van der Waals surface area contributed by atoms with E-state index in [9.17, 15) is 4.79 Å². The van der Waals surface area contributed by atoms with Crippen molar-refractivity contribution < 1.29 is 4.79 Å². The Morgan fingerprint density at radius 2 is 2.00 bits per heavy atom. The van der Waals surface area contributed by atoms with Gasteiger partial charge in [-0.25, -0.2) is 4.79 Å². The number of hydrogen-bond acceptors (Lipinski definition) is 1. The Bertz CT molecular complexity index is 162. The molecule has 0 aromatic rings. The third-order valence-corrected chi connectivity index (χ3v) is 2.36. The van der Waals surface area contributed by atoms with Crippen molar-refractivity contribution in [2.75, 3.05) is 6.54 Å². The molecule has 3 nitrogen and oxygen atoms in total. The predicted octanol–water partition coefficient (Wildman–Crippen LogP) is 1.88. The second kappa shape index (κ2) is 5.10. The SMILES string of the molecule is CC(C)CNC(=O)NC1CCCC1. The Balaban J connectivity index is 2.09. The predicted molar refractivity (Wildman–Crippen MR) is 53.6 cm³/mol. The molecular formula is C10H20N2O. The van der Waals surface area contributed by atoms with Crippen LogP contribution in [0, 0.1) is 5.92 Å². The molecule has 0 aromatic heterocycles. The zero-order valence-corrected chi connectivity index (χ0v) is 8.60. The first-order valence-electron chi connectivity index (χ1n) is 5.23. The minimum atomic E-state index is 0.000556. The molecule has 2 N–H and O–H groups in total. The number of carbonyl (C=O) groups excluding carboxylic acids is 1. The van der Waals surface area contributed by atoms with Crippen LogP contribution < -0.4 is 10.6 Å². The molecule has 0 atom stereocenters. The highest BCUT2D eigenvalue weighted by Gasteiger charge is 2.16. The molecule has 0 aromatic carbocycles. The summed E-state index contributed by atoms with van der Waals surface area (Å²) in [5.41, 5.74) is 0. The van der Waals surface area contributed by atoms with E-state index in [1.54, 1.807) is 0 Å². The Labute approximate surface area is 80.3 Å². The zero-order chi connectivity index (χ0) is 9.68. The van der Waals surface area contributed by atoms with Gasteiger partial charge in [-0.15, -0.1) is 0 Å². The van der Waals surface area contributed by atoms with Crippen molar-refractivity contribution in [1.82, 2.24) is 10.6 Å². The summed E-state index contributed by atoms with van der Waals surface area (Å²) in [6.45, 7) is 4.95. The summed E-state index contributed by atoms with van der Waals surface area (Å²) in [6.07, 6.45) is 4.81. The minimum Gasteiger partial charge on any atom is -0.338 e. The summed E-state index contributed by atoms with van der Waals surface area (Å²) >= 11 is 0. The van der Waals surface area contributed by atoms with Crippen LogP contribution in [0.1, 0.15) is 39.5 Å². The van der Waals surface area contributed by atoms with Gasteiger partial charge in [0.05, 0.1) is 0 Å². The van der Waals surface area contributed by atoms with E-state index in [0.717, 1.165) is 19.4 Å². The zero-order valence-electron chi connectivity index (χ0n) is 8.60. The van der Waals surface area contributed by atoms with E-state index in [4.69, 9.17) is 0 Å². The summed E-state index contributed by atoms with van der Waals surface area (Å²) in [5.74, 6) is 0.523. The van der Waals surface area contributed by atoms with Crippen LogP contribution in [0.5, 0.6) is 0 Å². The number of rotatable bonds is 3. The number of urea groups is 1. The molecule has 0 bridgehead atoms. The quantitative estimate of drug-likeness (QED) is 0.691. The van der Waals surface area contributed by atoms with Gasteiger partial charge in [0.15, 0.2) is 0 Å². The van der Waals surface area contributed by atoms with Gasteiger partial charge in [-0.2, -0.15) is 0 Å². The van der Waals surface area contributed by atoms with Crippen molar-refractivity contribution in [1.29, 1.82) is 0 Å². The Morgan fingerprint density at radius 3 is 2.54 bits per heavy atom. The molecule has 0 radical (unpaired) electrons. The van der Waals surface area contributed by atoms with Crippen LogP contribution in [0.3, 0.4) is 0 Å². The van der Waals surface area contributed by atoms with E-state index >= 15 is 0 Å². The lowest BCUT2D eigenvalue weighted by Crippen LogP contribution is -2.42. The molecule has 1 saturated carbocycles. The molecule has 13 heavy (non-hydrogen) atoms. The molecule has 3 heteroatoms. The highest BCUT2D eigenvalue weighted by Crippen LogP contribution is 2.17. The fourth-order valence-electron chi connectivity index (χ4n) is 1.60. The first-order chi connectivity index (χ1) is 6.18. The summed E-state index contributed by atoms with van der Waals surface area (Å²) in [6, 6.07) is 0.424. The maximum absolute atomic E-state index is 11.3. The van der Waals surface area contributed by atoms with E-state index in [1.807, 2.05) is 0 Å². The molecule has 0 saturated heterocycles. The van der Waals surface area contributed by atoms with E-state index in [1.165, 1.54) is 12.8 Å². The Morgan fingerprint density at radius 1 is 1.38 bits per heavy atom. The summed E-state index contributed by atoms with van der Waals surface area (Å²) in [5, 5.41) is 5.84. The molecule has 0 unspecified atom stereocenters. The van der Waals surface area contributed by atoms with Gasteiger partial charge in [0.25, 0.3) is 0 Å². The van der Waals surface area contributed by atoms with Crippen LogP contribution >= 0.6 is 0 Å². The van der Waals surface area contributed by atoms with Gasteiger partial charge in [0.2, 0.25) is 0 Å².